The van der Waals surface area contributed by atoms with Crippen LogP contribution in [0.4, 0.5) is 5.69 Å². The number of halogens is 1. The maximum absolute atomic E-state index is 13.5. The minimum absolute atomic E-state index is 0.0856. The summed E-state index contributed by atoms with van der Waals surface area (Å²) in [6.45, 7) is 4.84. The molecule has 2 amide bonds. The fraction of sp³-hybridized carbons (Fsp3) is 0.481. The van der Waals surface area contributed by atoms with Gasteiger partial charge in [0.1, 0.15) is 11.8 Å². The van der Waals surface area contributed by atoms with Crippen molar-refractivity contribution in [1.82, 2.24) is 10.2 Å². The van der Waals surface area contributed by atoms with Gasteiger partial charge in [-0.05, 0) is 61.2 Å². The van der Waals surface area contributed by atoms with Crippen molar-refractivity contribution in [2.45, 2.75) is 58.5 Å². The van der Waals surface area contributed by atoms with Crippen molar-refractivity contribution >= 4 is 39.1 Å². The minimum Gasteiger partial charge on any atom is -0.497 e. The predicted molar refractivity (Wildman–Crippen MR) is 148 cm³/mol. The number of hydrogen-bond acceptors (Lipinski definition) is 5. The molecule has 2 aromatic carbocycles. The molecule has 0 radical (unpaired) electrons. The number of unbranched alkanes of at least 4 members (excludes halogenated alkanes) is 1. The maximum atomic E-state index is 13.5. The zero-order valence-electron chi connectivity index (χ0n) is 22.1. The Morgan fingerprint density at radius 3 is 2.38 bits per heavy atom. The van der Waals surface area contributed by atoms with Crippen molar-refractivity contribution in [3.05, 3.63) is 59.1 Å². The zero-order valence-corrected chi connectivity index (χ0v) is 23.6. The van der Waals surface area contributed by atoms with E-state index in [1.165, 1.54) is 4.31 Å². The van der Waals surface area contributed by atoms with E-state index in [2.05, 4.69) is 5.32 Å². The summed E-state index contributed by atoms with van der Waals surface area (Å²) < 4.78 is 31.4. The fourth-order valence-corrected chi connectivity index (χ4v) is 5.10. The first-order valence-electron chi connectivity index (χ1n) is 12.5. The summed E-state index contributed by atoms with van der Waals surface area (Å²) in [6.07, 6.45) is 3.77. The van der Waals surface area contributed by atoms with Crippen LogP contribution in [0.25, 0.3) is 0 Å². The lowest BCUT2D eigenvalue weighted by atomic mass is 10.1. The topological polar surface area (TPSA) is 96.0 Å². The summed E-state index contributed by atoms with van der Waals surface area (Å²) in [7, 11) is -1.99. The number of rotatable bonds is 15. The first-order valence-corrected chi connectivity index (χ1v) is 14.8. The third kappa shape index (κ3) is 9.55. The van der Waals surface area contributed by atoms with Gasteiger partial charge < -0.3 is 15.0 Å². The summed E-state index contributed by atoms with van der Waals surface area (Å²) in [4.78, 5) is 28.1. The smallest absolute Gasteiger partial charge is 0.242 e. The Morgan fingerprint density at radius 1 is 1.08 bits per heavy atom. The largest absolute Gasteiger partial charge is 0.497 e. The Balaban J connectivity index is 2.21. The van der Waals surface area contributed by atoms with Crippen LogP contribution in [0.15, 0.2) is 48.5 Å². The molecule has 37 heavy (non-hydrogen) atoms. The van der Waals surface area contributed by atoms with Gasteiger partial charge >= 0.3 is 0 Å². The molecule has 2 aromatic rings. The van der Waals surface area contributed by atoms with E-state index >= 15 is 0 Å². The number of hydrogen-bond donors (Lipinski definition) is 1. The zero-order chi connectivity index (χ0) is 27.4. The lowest BCUT2D eigenvalue weighted by Gasteiger charge is -2.31. The summed E-state index contributed by atoms with van der Waals surface area (Å²) >= 11 is 5.95. The van der Waals surface area contributed by atoms with E-state index < -0.39 is 16.1 Å². The third-order valence-electron chi connectivity index (χ3n) is 5.97. The van der Waals surface area contributed by atoms with E-state index in [0.29, 0.717) is 29.4 Å². The molecule has 0 saturated heterocycles. The lowest BCUT2D eigenvalue weighted by molar-refractivity contribution is -0.141. The Bertz CT molecular complexity index is 1130. The molecule has 0 fully saturated rings. The van der Waals surface area contributed by atoms with Crippen LogP contribution in [0.1, 0.15) is 51.5 Å². The summed E-state index contributed by atoms with van der Waals surface area (Å²) in [6, 6.07) is 13.3. The highest BCUT2D eigenvalue weighted by atomic mass is 35.5. The second-order valence-corrected chi connectivity index (χ2v) is 11.2. The lowest BCUT2D eigenvalue weighted by Crippen LogP contribution is -2.49. The summed E-state index contributed by atoms with van der Waals surface area (Å²) in [5.74, 6) is 0.257. The van der Waals surface area contributed by atoms with Gasteiger partial charge in [0.15, 0.2) is 0 Å². The van der Waals surface area contributed by atoms with Crippen LogP contribution < -0.4 is 14.4 Å². The molecule has 0 bridgehead atoms. The van der Waals surface area contributed by atoms with E-state index in [-0.39, 0.29) is 37.7 Å². The van der Waals surface area contributed by atoms with Crippen molar-refractivity contribution in [3.63, 3.8) is 0 Å². The first kappa shape index (κ1) is 30.4. The highest BCUT2D eigenvalue weighted by Crippen LogP contribution is 2.22. The molecule has 0 aliphatic heterocycles. The van der Waals surface area contributed by atoms with E-state index in [1.807, 2.05) is 38.1 Å². The van der Waals surface area contributed by atoms with Gasteiger partial charge in [-0.3, -0.25) is 13.9 Å². The molecule has 0 aromatic heterocycles. The van der Waals surface area contributed by atoms with Gasteiger partial charge in [-0.1, -0.05) is 44.0 Å². The van der Waals surface area contributed by atoms with E-state index in [0.717, 1.165) is 24.7 Å². The molecule has 0 aliphatic rings. The molecular formula is C27H38ClN3O5S. The van der Waals surface area contributed by atoms with Gasteiger partial charge in [0.05, 0.1) is 19.1 Å². The highest BCUT2D eigenvalue weighted by Gasteiger charge is 2.28. The monoisotopic (exact) mass is 551 g/mol. The second kappa shape index (κ2) is 14.8. The van der Waals surface area contributed by atoms with Crippen LogP contribution in [-0.2, 0) is 26.2 Å². The molecule has 10 heteroatoms. The van der Waals surface area contributed by atoms with Crippen molar-refractivity contribution < 1.29 is 22.7 Å². The molecule has 1 atom stereocenters. The SMILES string of the molecule is CCCCNC(=O)[C@H](CC)N(Cc1cccc(OC)c1)C(=O)CCCN(c1ccc(Cl)cc1)S(C)(=O)=O. The molecule has 0 saturated carbocycles. The number of nitrogens with one attached hydrogen (secondary N) is 1. The molecule has 0 unspecified atom stereocenters. The molecule has 0 heterocycles. The molecule has 0 spiro atoms. The van der Waals surface area contributed by atoms with Crippen LogP contribution in [0.3, 0.4) is 0 Å². The number of methoxy groups -OCH3 is 1. The molecule has 2 rings (SSSR count). The van der Waals surface area contributed by atoms with Crippen molar-refractivity contribution in [2.75, 3.05) is 30.8 Å². The molecule has 204 valence electrons. The standard InChI is InChI=1S/C27H38ClN3O5S/c1-5-7-17-29-27(33)25(6-2)30(20-21-10-8-11-24(19-21)36-3)26(32)12-9-18-31(37(4,34)35)23-15-13-22(28)14-16-23/h8,10-11,13-16,19,25H,5-7,9,12,17-18,20H2,1-4H3,(H,29,33)/t25-/m0/s1. The highest BCUT2D eigenvalue weighted by molar-refractivity contribution is 7.92. The van der Waals surface area contributed by atoms with Crippen LogP contribution in [-0.4, -0.2) is 57.6 Å². The van der Waals surface area contributed by atoms with E-state index in [9.17, 15) is 18.0 Å². The molecule has 1 N–H and O–H groups in total. The number of benzene rings is 2. The first-order chi connectivity index (χ1) is 17.6. The van der Waals surface area contributed by atoms with Crippen LogP contribution in [0.5, 0.6) is 5.75 Å². The quantitative estimate of drug-likeness (QED) is 0.326. The van der Waals surface area contributed by atoms with Crippen molar-refractivity contribution in [2.24, 2.45) is 0 Å². The van der Waals surface area contributed by atoms with Gasteiger partial charge in [0, 0.05) is 31.1 Å². The van der Waals surface area contributed by atoms with E-state index in [1.54, 1.807) is 36.3 Å². The van der Waals surface area contributed by atoms with Crippen molar-refractivity contribution in [3.8, 4) is 5.75 Å². The summed E-state index contributed by atoms with van der Waals surface area (Å²) in [5.41, 5.74) is 1.32. The fourth-order valence-electron chi connectivity index (χ4n) is 4.00. The average Bonchev–Trinajstić information content (AvgIpc) is 2.86. The van der Waals surface area contributed by atoms with Crippen LogP contribution in [0, 0.1) is 0 Å². The molecular weight excluding hydrogens is 514 g/mol. The number of carbonyl (C=O) groups is 2. The normalized spacial score (nSPS) is 12.0. The van der Waals surface area contributed by atoms with Gasteiger partial charge in [-0.25, -0.2) is 8.42 Å². The number of amides is 2. The Morgan fingerprint density at radius 2 is 1.78 bits per heavy atom. The van der Waals surface area contributed by atoms with Crippen LogP contribution in [0.2, 0.25) is 5.02 Å². The van der Waals surface area contributed by atoms with E-state index in [4.69, 9.17) is 16.3 Å². The Hall–Kier alpha value is -2.78. The van der Waals surface area contributed by atoms with Gasteiger partial charge in [0.25, 0.3) is 0 Å². The minimum atomic E-state index is -3.57. The Kier molecular flexibility index (Phi) is 12.2. The van der Waals surface area contributed by atoms with Gasteiger partial charge in [0.2, 0.25) is 21.8 Å². The number of sulfonamides is 1. The van der Waals surface area contributed by atoms with Crippen molar-refractivity contribution in [1.29, 1.82) is 0 Å². The number of ether oxygens (including phenoxy) is 1. The number of nitrogens with zero attached hydrogens (tertiary/aromatic N) is 2. The second-order valence-electron chi connectivity index (χ2n) is 8.86. The number of anilines is 1. The maximum Gasteiger partial charge on any atom is 0.242 e. The predicted octanol–water partition coefficient (Wildman–Crippen LogP) is 4.62. The van der Waals surface area contributed by atoms with Gasteiger partial charge in [-0.15, -0.1) is 0 Å². The van der Waals surface area contributed by atoms with Crippen LogP contribution >= 0.6 is 11.6 Å². The molecule has 0 aliphatic carbocycles. The Labute approximate surface area is 226 Å². The summed E-state index contributed by atoms with van der Waals surface area (Å²) in [5, 5.41) is 3.45. The third-order valence-corrected chi connectivity index (χ3v) is 7.42. The number of carbonyl (C=O) groups excluding carboxylic acids is 2. The average molecular weight is 552 g/mol. The molecule has 8 nitrogen and oxygen atoms in total. The van der Waals surface area contributed by atoms with Gasteiger partial charge in [-0.2, -0.15) is 0 Å².